The molecule has 0 saturated heterocycles. The van der Waals surface area contributed by atoms with Crippen molar-refractivity contribution in [3.05, 3.63) is 111 Å². The van der Waals surface area contributed by atoms with E-state index in [0.717, 1.165) is 33.7 Å². The van der Waals surface area contributed by atoms with Gasteiger partial charge < -0.3 is 10.1 Å². The molecule has 3 heterocycles. The Hall–Kier alpha value is -3.28. The zero-order valence-electron chi connectivity index (χ0n) is 16.2. The zero-order chi connectivity index (χ0) is 20.9. The highest BCUT2D eigenvalue weighted by Gasteiger charge is 2.40. The molecule has 2 atom stereocenters. The van der Waals surface area contributed by atoms with Crippen LogP contribution in [0.1, 0.15) is 28.8 Å². The van der Waals surface area contributed by atoms with E-state index in [1.807, 2.05) is 65.3 Å². The summed E-state index contributed by atoms with van der Waals surface area (Å²) >= 11 is 12.5. The first-order valence-electron chi connectivity index (χ1n) is 9.86. The Kier molecular flexibility index (Phi) is 4.26. The highest BCUT2D eigenvalue weighted by Crippen LogP contribution is 2.51. The van der Waals surface area contributed by atoms with Crippen LogP contribution in [-0.4, -0.2) is 14.8 Å². The van der Waals surface area contributed by atoms with Gasteiger partial charge in [-0.25, -0.2) is 4.68 Å². The lowest BCUT2D eigenvalue weighted by Crippen LogP contribution is -2.32. The molecule has 4 aromatic rings. The van der Waals surface area contributed by atoms with Crippen LogP contribution in [-0.2, 0) is 0 Å². The maximum Gasteiger partial charge on any atom is 0.226 e. The van der Waals surface area contributed by atoms with Gasteiger partial charge in [0.1, 0.15) is 24.2 Å². The SMILES string of the molecule is Clc1ccc([C@H]2Oc3ccc(Cl)cc3C3=C2[C@@H](c2ccccc2)n2ncnc2N3)cc1. The summed E-state index contributed by atoms with van der Waals surface area (Å²) in [6, 6.07) is 23.5. The van der Waals surface area contributed by atoms with Crippen LogP contribution in [0, 0.1) is 0 Å². The van der Waals surface area contributed by atoms with E-state index < -0.39 is 0 Å². The first kappa shape index (κ1) is 18.5. The van der Waals surface area contributed by atoms with E-state index in [1.54, 1.807) is 6.33 Å². The lowest BCUT2D eigenvalue weighted by atomic mass is 9.84. The molecule has 0 unspecified atom stereocenters. The minimum atomic E-state index is -0.337. The molecule has 2 aliphatic rings. The van der Waals surface area contributed by atoms with Gasteiger partial charge in [0.15, 0.2) is 0 Å². The van der Waals surface area contributed by atoms with Gasteiger partial charge in [0.2, 0.25) is 5.95 Å². The molecule has 5 nitrogen and oxygen atoms in total. The number of aromatic nitrogens is 3. The number of ether oxygens (including phenoxy) is 1. The topological polar surface area (TPSA) is 52.0 Å². The number of nitrogens with zero attached hydrogens (tertiary/aromatic N) is 3. The second-order valence-electron chi connectivity index (χ2n) is 7.49. The molecule has 1 aromatic heterocycles. The van der Waals surface area contributed by atoms with Crippen molar-refractivity contribution in [2.45, 2.75) is 12.1 Å². The van der Waals surface area contributed by atoms with E-state index in [9.17, 15) is 0 Å². The van der Waals surface area contributed by atoms with E-state index in [0.29, 0.717) is 16.0 Å². The molecule has 0 aliphatic carbocycles. The molecule has 0 amide bonds. The summed E-state index contributed by atoms with van der Waals surface area (Å²) in [6.07, 6.45) is 1.23. The Balaban J connectivity index is 1.64. The molecular formula is C24H16Cl2N4O. The van der Waals surface area contributed by atoms with Gasteiger partial charge in [-0.05, 0) is 41.5 Å². The quantitative estimate of drug-likeness (QED) is 0.401. The third-order valence-electron chi connectivity index (χ3n) is 5.66. The Labute approximate surface area is 188 Å². The maximum absolute atomic E-state index is 6.56. The fraction of sp³-hybridized carbons (Fsp3) is 0.0833. The van der Waals surface area contributed by atoms with Crippen molar-refractivity contribution in [3.8, 4) is 5.75 Å². The van der Waals surface area contributed by atoms with Crippen LogP contribution in [0.3, 0.4) is 0 Å². The normalized spacial score (nSPS) is 19.0. The van der Waals surface area contributed by atoms with E-state index in [4.69, 9.17) is 27.9 Å². The number of hydrogen-bond acceptors (Lipinski definition) is 4. The molecular weight excluding hydrogens is 431 g/mol. The predicted octanol–water partition coefficient (Wildman–Crippen LogP) is 6.14. The number of nitrogens with one attached hydrogen (secondary N) is 1. The Bertz CT molecular complexity index is 1320. The Morgan fingerprint density at radius 3 is 2.45 bits per heavy atom. The molecule has 152 valence electrons. The largest absolute Gasteiger partial charge is 0.480 e. The fourth-order valence-corrected chi connectivity index (χ4v) is 4.61. The van der Waals surface area contributed by atoms with Crippen molar-refractivity contribution in [3.63, 3.8) is 0 Å². The van der Waals surface area contributed by atoms with Gasteiger partial charge in [-0.2, -0.15) is 10.1 Å². The van der Waals surface area contributed by atoms with Crippen LogP contribution in [0.25, 0.3) is 5.70 Å². The second kappa shape index (κ2) is 7.15. The summed E-state index contributed by atoms with van der Waals surface area (Å²) in [7, 11) is 0. The van der Waals surface area contributed by atoms with E-state index in [-0.39, 0.29) is 12.1 Å². The van der Waals surface area contributed by atoms with Crippen molar-refractivity contribution in [1.29, 1.82) is 0 Å². The molecule has 31 heavy (non-hydrogen) atoms. The fourth-order valence-electron chi connectivity index (χ4n) is 4.31. The van der Waals surface area contributed by atoms with E-state index in [2.05, 4.69) is 27.5 Å². The number of rotatable bonds is 2. The van der Waals surface area contributed by atoms with Gasteiger partial charge in [-0.1, -0.05) is 65.7 Å². The molecule has 1 N–H and O–H groups in total. The number of benzene rings is 3. The van der Waals surface area contributed by atoms with Crippen LogP contribution in [0.2, 0.25) is 10.0 Å². The van der Waals surface area contributed by atoms with Crippen molar-refractivity contribution in [2.24, 2.45) is 0 Å². The van der Waals surface area contributed by atoms with Crippen LogP contribution in [0.4, 0.5) is 5.95 Å². The standard InChI is InChI=1S/C24H16Cl2N4O/c25-16-8-6-15(7-9-16)23-20-21(18-12-17(26)10-11-19(18)31-23)29-24-27-13-28-30(24)22(20)14-4-2-1-3-5-14/h1-13,22-23H,(H,27,28,29)/t22-,23-/m1/s1. The Morgan fingerprint density at radius 2 is 1.65 bits per heavy atom. The molecule has 0 bridgehead atoms. The molecule has 0 saturated carbocycles. The Morgan fingerprint density at radius 1 is 0.871 bits per heavy atom. The van der Waals surface area contributed by atoms with Crippen LogP contribution >= 0.6 is 23.2 Å². The average molecular weight is 447 g/mol. The van der Waals surface area contributed by atoms with Crippen molar-refractivity contribution < 1.29 is 4.74 Å². The summed E-state index contributed by atoms with van der Waals surface area (Å²) in [5.41, 5.74) is 4.99. The summed E-state index contributed by atoms with van der Waals surface area (Å²) in [4.78, 5) is 4.44. The minimum Gasteiger partial charge on any atom is -0.480 e. The molecule has 2 aliphatic heterocycles. The number of fused-ring (bicyclic) bond motifs is 3. The number of anilines is 1. The molecule has 6 rings (SSSR count). The molecule has 0 fully saturated rings. The first-order valence-corrected chi connectivity index (χ1v) is 10.6. The molecule has 3 aromatic carbocycles. The van der Waals surface area contributed by atoms with Gasteiger partial charge in [0.25, 0.3) is 0 Å². The smallest absolute Gasteiger partial charge is 0.226 e. The van der Waals surface area contributed by atoms with Crippen molar-refractivity contribution >= 4 is 34.8 Å². The van der Waals surface area contributed by atoms with Crippen molar-refractivity contribution in [2.75, 3.05) is 5.32 Å². The van der Waals surface area contributed by atoms with E-state index >= 15 is 0 Å². The number of halogens is 2. The number of hydrogen-bond donors (Lipinski definition) is 1. The summed E-state index contributed by atoms with van der Waals surface area (Å²) in [5, 5.41) is 9.33. The monoisotopic (exact) mass is 446 g/mol. The van der Waals surface area contributed by atoms with Gasteiger partial charge in [-0.3, -0.25) is 0 Å². The van der Waals surface area contributed by atoms with Crippen LogP contribution in [0.15, 0.2) is 84.7 Å². The highest BCUT2D eigenvalue weighted by molar-refractivity contribution is 6.31. The third kappa shape index (κ3) is 3.00. The first-order chi connectivity index (χ1) is 15.2. The zero-order valence-corrected chi connectivity index (χ0v) is 17.7. The minimum absolute atomic E-state index is 0.192. The van der Waals surface area contributed by atoms with Gasteiger partial charge in [0, 0.05) is 21.2 Å². The average Bonchev–Trinajstić information content (AvgIpc) is 3.27. The highest BCUT2D eigenvalue weighted by atomic mass is 35.5. The maximum atomic E-state index is 6.56. The molecule has 0 radical (unpaired) electrons. The van der Waals surface area contributed by atoms with Crippen LogP contribution in [0.5, 0.6) is 5.75 Å². The third-order valence-corrected chi connectivity index (χ3v) is 6.15. The molecule has 0 spiro atoms. The van der Waals surface area contributed by atoms with Gasteiger partial charge in [-0.15, -0.1) is 0 Å². The van der Waals surface area contributed by atoms with Crippen LogP contribution < -0.4 is 10.1 Å². The summed E-state index contributed by atoms with van der Waals surface area (Å²) < 4.78 is 8.46. The summed E-state index contributed by atoms with van der Waals surface area (Å²) in [6.45, 7) is 0. The van der Waals surface area contributed by atoms with E-state index in [1.165, 1.54) is 0 Å². The lowest BCUT2D eigenvalue weighted by molar-refractivity contribution is 0.223. The second-order valence-corrected chi connectivity index (χ2v) is 8.36. The predicted molar refractivity (Wildman–Crippen MR) is 121 cm³/mol. The molecule has 7 heteroatoms. The lowest BCUT2D eigenvalue weighted by Gasteiger charge is -2.39. The summed E-state index contributed by atoms with van der Waals surface area (Å²) in [5.74, 6) is 1.44. The van der Waals surface area contributed by atoms with Gasteiger partial charge >= 0.3 is 0 Å². The van der Waals surface area contributed by atoms with Crippen molar-refractivity contribution in [1.82, 2.24) is 14.8 Å². The van der Waals surface area contributed by atoms with Gasteiger partial charge in [0.05, 0.1) is 5.70 Å².